The van der Waals surface area contributed by atoms with E-state index in [9.17, 15) is 4.79 Å². The van der Waals surface area contributed by atoms with Crippen LogP contribution in [-0.4, -0.2) is 73.9 Å². The van der Waals surface area contributed by atoms with Crippen molar-refractivity contribution in [1.82, 2.24) is 9.80 Å². The summed E-state index contributed by atoms with van der Waals surface area (Å²) in [5, 5.41) is 0. The quantitative estimate of drug-likeness (QED) is 0.695. The smallest absolute Gasteiger partial charge is 0.319 e. The molecule has 5 heteroatoms. The lowest BCUT2D eigenvalue weighted by Crippen LogP contribution is -2.52. The highest BCUT2D eigenvalue weighted by molar-refractivity contribution is 5.71. The second-order valence-electron chi connectivity index (χ2n) is 6.53. The predicted octanol–water partition coefficient (Wildman–Crippen LogP) is 1.51. The average molecular weight is 298 g/mol. The van der Waals surface area contributed by atoms with Crippen LogP contribution < -0.4 is 0 Å². The Morgan fingerprint density at radius 2 is 2.10 bits per heavy atom. The maximum Gasteiger partial charge on any atom is 0.319 e. The third-order valence-electron chi connectivity index (χ3n) is 4.74. The van der Waals surface area contributed by atoms with Gasteiger partial charge >= 0.3 is 5.97 Å². The van der Waals surface area contributed by atoms with Gasteiger partial charge in [-0.15, -0.1) is 0 Å². The first kappa shape index (κ1) is 16.7. The minimum absolute atomic E-state index is 0.140. The van der Waals surface area contributed by atoms with Gasteiger partial charge in [0.25, 0.3) is 0 Å². The molecule has 5 nitrogen and oxygen atoms in total. The lowest BCUT2D eigenvalue weighted by molar-refractivity contribution is -0.143. The Morgan fingerprint density at radius 1 is 1.38 bits per heavy atom. The van der Waals surface area contributed by atoms with Gasteiger partial charge in [-0.3, -0.25) is 14.6 Å². The molecule has 0 amide bonds. The standard InChI is InChI=1S/C16H30N2O3/c1-13(2)17-8-9-21-15(10-17)11-18(12-16(19)20-3)14-6-4-5-7-14/h13-15H,4-12H2,1-3H3. The van der Waals surface area contributed by atoms with Crippen molar-refractivity contribution in [2.75, 3.05) is 39.9 Å². The number of nitrogens with zero attached hydrogens (tertiary/aromatic N) is 2. The van der Waals surface area contributed by atoms with Crippen molar-refractivity contribution < 1.29 is 14.3 Å². The van der Waals surface area contributed by atoms with E-state index in [4.69, 9.17) is 9.47 Å². The molecule has 1 saturated carbocycles. The Bertz CT molecular complexity index is 329. The van der Waals surface area contributed by atoms with Crippen LogP contribution in [0.25, 0.3) is 0 Å². The van der Waals surface area contributed by atoms with E-state index in [0.29, 0.717) is 18.6 Å². The Kier molecular flexibility index (Phi) is 6.45. The highest BCUT2D eigenvalue weighted by Crippen LogP contribution is 2.24. The van der Waals surface area contributed by atoms with Gasteiger partial charge in [-0.25, -0.2) is 0 Å². The van der Waals surface area contributed by atoms with Gasteiger partial charge < -0.3 is 9.47 Å². The van der Waals surface area contributed by atoms with Gasteiger partial charge in [0, 0.05) is 31.7 Å². The van der Waals surface area contributed by atoms with Crippen LogP contribution in [0.2, 0.25) is 0 Å². The highest BCUT2D eigenvalue weighted by Gasteiger charge is 2.30. The van der Waals surface area contributed by atoms with Crippen LogP contribution in [0.15, 0.2) is 0 Å². The minimum Gasteiger partial charge on any atom is -0.468 e. The summed E-state index contributed by atoms with van der Waals surface area (Å²) in [5.41, 5.74) is 0. The van der Waals surface area contributed by atoms with Crippen molar-refractivity contribution in [2.24, 2.45) is 0 Å². The van der Waals surface area contributed by atoms with Gasteiger partial charge in [0.2, 0.25) is 0 Å². The molecule has 0 aromatic heterocycles. The highest BCUT2D eigenvalue weighted by atomic mass is 16.5. The Labute approximate surface area is 128 Å². The molecule has 1 aliphatic heterocycles. The van der Waals surface area contributed by atoms with Crippen molar-refractivity contribution in [3.8, 4) is 0 Å². The summed E-state index contributed by atoms with van der Waals surface area (Å²) in [7, 11) is 1.47. The molecule has 1 heterocycles. The summed E-state index contributed by atoms with van der Waals surface area (Å²) in [5.74, 6) is -0.140. The topological polar surface area (TPSA) is 42.0 Å². The number of hydrogen-bond acceptors (Lipinski definition) is 5. The van der Waals surface area contributed by atoms with Gasteiger partial charge in [-0.05, 0) is 26.7 Å². The largest absolute Gasteiger partial charge is 0.468 e. The van der Waals surface area contributed by atoms with E-state index >= 15 is 0 Å². The minimum atomic E-state index is -0.140. The molecule has 2 fully saturated rings. The number of methoxy groups -OCH3 is 1. The van der Waals surface area contributed by atoms with E-state index in [0.717, 1.165) is 26.2 Å². The van der Waals surface area contributed by atoms with Crippen LogP contribution >= 0.6 is 0 Å². The van der Waals surface area contributed by atoms with Crippen LogP contribution in [0.3, 0.4) is 0 Å². The predicted molar refractivity (Wildman–Crippen MR) is 82.3 cm³/mol. The fourth-order valence-electron chi connectivity index (χ4n) is 3.43. The zero-order valence-electron chi connectivity index (χ0n) is 13.7. The normalized spacial score (nSPS) is 24.9. The number of carbonyl (C=O) groups excluding carboxylic acids is 1. The Balaban J connectivity index is 1.91. The molecule has 2 aliphatic rings. The Hall–Kier alpha value is -0.650. The number of rotatable bonds is 6. The van der Waals surface area contributed by atoms with Crippen molar-refractivity contribution in [1.29, 1.82) is 0 Å². The monoisotopic (exact) mass is 298 g/mol. The molecule has 1 unspecified atom stereocenters. The first-order valence-corrected chi connectivity index (χ1v) is 8.26. The summed E-state index contributed by atoms with van der Waals surface area (Å²) >= 11 is 0. The molecular weight excluding hydrogens is 268 g/mol. The molecule has 1 aliphatic carbocycles. The van der Waals surface area contributed by atoms with Gasteiger partial charge in [-0.2, -0.15) is 0 Å². The van der Waals surface area contributed by atoms with Gasteiger partial charge in [0.1, 0.15) is 0 Å². The second-order valence-corrected chi connectivity index (χ2v) is 6.53. The van der Waals surface area contributed by atoms with Gasteiger partial charge in [0.05, 0.1) is 26.4 Å². The molecule has 0 N–H and O–H groups in total. The molecule has 122 valence electrons. The van der Waals surface area contributed by atoms with E-state index in [1.165, 1.54) is 32.8 Å². The molecule has 1 saturated heterocycles. The van der Waals surface area contributed by atoms with Gasteiger partial charge in [-0.1, -0.05) is 12.8 Å². The molecule has 0 aromatic carbocycles. The van der Waals surface area contributed by atoms with Crippen molar-refractivity contribution >= 4 is 5.97 Å². The zero-order chi connectivity index (χ0) is 15.2. The van der Waals surface area contributed by atoms with Gasteiger partial charge in [0.15, 0.2) is 0 Å². The first-order valence-electron chi connectivity index (χ1n) is 8.26. The summed E-state index contributed by atoms with van der Waals surface area (Å²) in [6.45, 7) is 8.44. The average Bonchev–Trinajstić information content (AvgIpc) is 3.01. The summed E-state index contributed by atoms with van der Waals surface area (Å²) < 4.78 is 10.8. The molecule has 0 bridgehead atoms. The number of morpholine rings is 1. The molecule has 0 spiro atoms. The number of ether oxygens (including phenoxy) is 2. The molecule has 0 aromatic rings. The summed E-state index contributed by atoms with van der Waals surface area (Å²) in [4.78, 5) is 16.4. The second kappa shape index (κ2) is 8.11. The third-order valence-corrected chi connectivity index (χ3v) is 4.74. The molecule has 2 rings (SSSR count). The van der Waals surface area contributed by atoms with E-state index in [2.05, 4.69) is 23.6 Å². The van der Waals surface area contributed by atoms with E-state index < -0.39 is 0 Å². The maximum absolute atomic E-state index is 11.7. The number of carbonyl (C=O) groups is 1. The molecule has 0 radical (unpaired) electrons. The molecule has 1 atom stereocenters. The first-order chi connectivity index (χ1) is 10.1. The summed E-state index contributed by atoms with van der Waals surface area (Å²) in [6.07, 6.45) is 5.12. The molecule has 21 heavy (non-hydrogen) atoms. The zero-order valence-corrected chi connectivity index (χ0v) is 13.7. The lowest BCUT2D eigenvalue weighted by atomic mass is 10.1. The van der Waals surface area contributed by atoms with Crippen molar-refractivity contribution in [2.45, 2.75) is 57.7 Å². The van der Waals surface area contributed by atoms with Crippen LogP contribution in [0.5, 0.6) is 0 Å². The van der Waals surface area contributed by atoms with Crippen molar-refractivity contribution in [3.63, 3.8) is 0 Å². The van der Waals surface area contributed by atoms with E-state index in [1.807, 2.05) is 0 Å². The third kappa shape index (κ3) is 4.94. The van der Waals surface area contributed by atoms with E-state index in [1.54, 1.807) is 0 Å². The number of hydrogen-bond donors (Lipinski definition) is 0. The maximum atomic E-state index is 11.7. The Morgan fingerprint density at radius 3 is 2.71 bits per heavy atom. The number of esters is 1. The van der Waals surface area contributed by atoms with Crippen LogP contribution in [-0.2, 0) is 14.3 Å². The fraction of sp³-hybridized carbons (Fsp3) is 0.938. The summed E-state index contributed by atoms with van der Waals surface area (Å²) in [6, 6.07) is 1.07. The van der Waals surface area contributed by atoms with Crippen LogP contribution in [0.1, 0.15) is 39.5 Å². The van der Waals surface area contributed by atoms with Crippen LogP contribution in [0, 0.1) is 0 Å². The van der Waals surface area contributed by atoms with E-state index in [-0.39, 0.29) is 12.1 Å². The lowest BCUT2D eigenvalue weighted by Gasteiger charge is -2.38. The SMILES string of the molecule is COC(=O)CN(CC1CN(C(C)C)CCO1)C1CCCC1. The van der Waals surface area contributed by atoms with Crippen molar-refractivity contribution in [3.05, 3.63) is 0 Å². The molecular formula is C16H30N2O3. The fourth-order valence-corrected chi connectivity index (χ4v) is 3.43. The van der Waals surface area contributed by atoms with Crippen LogP contribution in [0.4, 0.5) is 0 Å².